The molecule has 1 rings (SSSR count). The van der Waals surface area contributed by atoms with Crippen LogP contribution in [-0.4, -0.2) is 237 Å². The molecule has 0 aliphatic carbocycles. The van der Waals surface area contributed by atoms with Crippen LogP contribution < -0.4 is 21.3 Å². The normalized spacial score (nSPS) is 17.9. The summed E-state index contributed by atoms with van der Waals surface area (Å²) < 4.78 is 0. The molecule has 0 bridgehead atoms. The van der Waals surface area contributed by atoms with Gasteiger partial charge < -0.3 is 62.1 Å². The number of hydrogen-bond acceptors (Lipinski definition) is 16. The fraction of sp³-hybridized carbons (Fsp3) is 0.811. The summed E-state index contributed by atoms with van der Waals surface area (Å²) >= 11 is 0. The number of nitrogens with one attached hydrogen (secondary N) is 4. The molecule has 0 aromatic carbocycles. The minimum absolute atomic E-state index is 0.0599. The molecule has 1 aliphatic rings. The summed E-state index contributed by atoms with van der Waals surface area (Å²) in [7, 11) is 0. The average Bonchev–Trinajstić information content (AvgIpc) is 3.17. The van der Waals surface area contributed by atoms with Crippen LogP contribution in [0.4, 0.5) is 0 Å². The van der Waals surface area contributed by atoms with Gasteiger partial charge in [-0.15, -0.1) is 0 Å². The van der Waals surface area contributed by atoms with Gasteiger partial charge in [0.25, 0.3) is 0 Å². The molecule has 0 saturated carbocycles. The van der Waals surface area contributed by atoms with Crippen LogP contribution in [0.15, 0.2) is 0 Å². The van der Waals surface area contributed by atoms with Gasteiger partial charge >= 0.3 is 17.9 Å². The third kappa shape index (κ3) is 24.9. The zero-order valence-electron chi connectivity index (χ0n) is 34.7. The van der Waals surface area contributed by atoms with Gasteiger partial charge in [0, 0.05) is 84.8 Å². The Bertz CT molecular complexity index is 1310. The molecule has 1 heterocycles. The van der Waals surface area contributed by atoms with E-state index in [1.54, 1.807) is 19.6 Å². The van der Waals surface area contributed by atoms with Crippen molar-refractivity contribution in [2.24, 2.45) is 5.92 Å². The van der Waals surface area contributed by atoms with E-state index in [-0.39, 0.29) is 110 Å². The van der Waals surface area contributed by atoms with Gasteiger partial charge in [0.2, 0.25) is 23.6 Å². The fourth-order valence-corrected chi connectivity index (χ4v) is 6.18. The number of aliphatic hydroxyl groups excluding tert-OH is 5. The van der Waals surface area contributed by atoms with Crippen molar-refractivity contribution in [3.63, 3.8) is 0 Å². The molecule has 60 heavy (non-hydrogen) atoms. The topological polar surface area (TPSA) is 342 Å². The first kappa shape index (κ1) is 53.9. The Hall–Kier alpha value is -4.07. The molecule has 346 valence electrons. The van der Waals surface area contributed by atoms with E-state index in [1.807, 2.05) is 0 Å². The minimum atomic E-state index is -1.92. The molecule has 4 amide bonds. The number of aliphatic hydroxyl groups is 5. The molecule has 5 atom stereocenters. The van der Waals surface area contributed by atoms with Gasteiger partial charge in [0.1, 0.15) is 24.4 Å². The van der Waals surface area contributed by atoms with Crippen molar-refractivity contribution in [1.82, 2.24) is 40.9 Å². The van der Waals surface area contributed by atoms with Gasteiger partial charge in [-0.2, -0.15) is 0 Å². The second-order valence-electron chi connectivity index (χ2n) is 15.3. The number of aliphatic carboxylic acids is 3. The number of hydrogen-bond donors (Lipinski definition) is 12. The monoisotopic (exact) mass is 864 g/mol. The van der Waals surface area contributed by atoms with Crippen molar-refractivity contribution in [2.45, 2.75) is 82.8 Å². The zero-order chi connectivity index (χ0) is 45.2. The van der Waals surface area contributed by atoms with Crippen molar-refractivity contribution >= 4 is 41.5 Å². The predicted octanol–water partition coefficient (Wildman–Crippen LogP) is -5.27. The van der Waals surface area contributed by atoms with Gasteiger partial charge in [-0.3, -0.25) is 53.2 Å². The van der Waals surface area contributed by atoms with E-state index >= 15 is 0 Å². The molecule has 0 radical (unpaired) electrons. The molecule has 23 nitrogen and oxygen atoms in total. The van der Waals surface area contributed by atoms with Crippen LogP contribution in [-0.2, 0) is 33.6 Å². The Kier molecular flexibility index (Phi) is 27.0. The maximum Gasteiger partial charge on any atom is 0.317 e. The number of unbranched alkanes of at least 4 members (excludes halogenated alkanes) is 1. The molecule has 1 saturated heterocycles. The van der Waals surface area contributed by atoms with Crippen molar-refractivity contribution in [3.8, 4) is 0 Å². The van der Waals surface area contributed by atoms with Gasteiger partial charge in [0.15, 0.2) is 0 Å². The molecule has 0 spiro atoms. The van der Waals surface area contributed by atoms with Crippen LogP contribution in [0.2, 0.25) is 0 Å². The van der Waals surface area contributed by atoms with E-state index < -0.39 is 79.2 Å². The van der Waals surface area contributed by atoms with Gasteiger partial charge in [-0.25, -0.2) is 0 Å². The SMILES string of the molecule is CC(C)CCCCNC(=O)CCNC(=O)[C@H](CCC(=O)NC[C@H](O)[C@@H](O)[C@H](O)[C@H](O)CO)NC(=O)CN1CCN(CC(=O)O)CCN(CC(=O)O)CCN(CC(=O)O)CC1. The molecule has 23 heteroatoms. The number of carboxylic acid groups (broad SMARTS) is 3. The Morgan fingerprint density at radius 2 is 0.983 bits per heavy atom. The van der Waals surface area contributed by atoms with Gasteiger partial charge in [-0.05, 0) is 18.8 Å². The van der Waals surface area contributed by atoms with E-state index in [2.05, 4.69) is 35.1 Å². The lowest BCUT2D eigenvalue weighted by molar-refractivity contribution is -0.140. The maximum absolute atomic E-state index is 13.5. The first-order valence-electron chi connectivity index (χ1n) is 20.3. The maximum atomic E-state index is 13.5. The quantitative estimate of drug-likeness (QED) is 0.0343. The fourth-order valence-electron chi connectivity index (χ4n) is 6.18. The zero-order valence-corrected chi connectivity index (χ0v) is 34.7. The molecule has 0 aromatic heterocycles. The number of carboxylic acids is 3. The Balaban J connectivity index is 3.09. The Morgan fingerprint density at radius 1 is 0.533 bits per heavy atom. The number of rotatable bonds is 27. The van der Waals surface area contributed by atoms with Crippen LogP contribution in [0, 0.1) is 5.92 Å². The van der Waals surface area contributed by atoms with Crippen molar-refractivity contribution < 1.29 is 74.4 Å². The highest BCUT2D eigenvalue weighted by atomic mass is 16.4. The second-order valence-corrected chi connectivity index (χ2v) is 15.3. The van der Waals surface area contributed by atoms with Crippen molar-refractivity contribution in [3.05, 3.63) is 0 Å². The van der Waals surface area contributed by atoms with Crippen LogP contribution in [0.1, 0.15) is 52.4 Å². The highest BCUT2D eigenvalue weighted by Gasteiger charge is 2.31. The second kappa shape index (κ2) is 30.0. The Morgan fingerprint density at radius 3 is 1.43 bits per heavy atom. The van der Waals surface area contributed by atoms with E-state index in [9.17, 15) is 69.3 Å². The van der Waals surface area contributed by atoms with Crippen LogP contribution >= 0.6 is 0 Å². The molecule has 12 N–H and O–H groups in total. The summed E-state index contributed by atoms with van der Waals surface area (Å²) in [5.74, 6) is -5.19. The smallest absolute Gasteiger partial charge is 0.317 e. The van der Waals surface area contributed by atoms with E-state index in [0.717, 1.165) is 19.3 Å². The summed E-state index contributed by atoms with van der Waals surface area (Å²) in [6, 6.07) is -1.31. The van der Waals surface area contributed by atoms with Crippen LogP contribution in [0.3, 0.4) is 0 Å². The van der Waals surface area contributed by atoms with Gasteiger partial charge in [0.05, 0.1) is 38.9 Å². The highest BCUT2D eigenvalue weighted by Crippen LogP contribution is 2.07. The van der Waals surface area contributed by atoms with Crippen molar-refractivity contribution in [1.29, 1.82) is 0 Å². The average molecular weight is 865 g/mol. The highest BCUT2D eigenvalue weighted by molar-refractivity contribution is 5.89. The van der Waals surface area contributed by atoms with E-state index in [4.69, 9.17) is 5.11 Å². The summed E-state index contributed by atoms with van der Waals surface area (Å²) in [6.45, 7) is 2.97. The third-order valence-electron chi connectivity index (χ3n) is 9.70. The molecular formula is C37H68N8O15. The number of carbonyl (C=O) groups is 7. The van der Waals surface area contributed by atoms with E-state index in [0.29, 0.717) is 12.5 Å². The van der Waals surface area contributed by atoms with Gasteiger partial charge in [-0.1, -0.05) is 26.7 Å². The molecule has 0 unspecified atom stereocenters. The summed E-state index contributed by atoms with van der Waals surface area (Å²) in [5.41, 5.74) is 0. The number of amides is 4. The lowest BCUT2D eigenvalue weighted by atomic mass is 10.0. The number of nitrogens with zero attached hydrogens (tertiary/aromatic N) is 4. The lowest BCUT2D eigenvalue weighted by Crippen LogP contribution is -2.52. The molecule has 1 aliphatic heterocycles. The minimum Gasteiger partial charge on any atom is -0.480 e. The number of carbonyl (C=O) groups excluding carboxylic acids is 4. The van der Waals surface area contributed by atoms with Crippen molar-refractivity contribution in [2.75, 3.05) is 105 Å². The predicted molar refractivity (Wildman–Crippen MR) is 213 cm³/mol. The summed E-state index contributed by atoms with van der Waals surface area (Å²) in [4.78, 5) is 93.2. The summed E-state index contributed by atoms with van der Waals surface area (Å²) in [5, 5.41) is 87.3. The Labute approximate surface area is 350 Å². The van der Waals surface area contributed by atoms with E-state index in [1.165, 1.54) is 0 Å². The summed E-state index contributed by atoms with van der Waals surface area (Å²) in [6.07, 6.45) is -5.26. The molecule has 1 fully saturated rings. The molecule has 0 aromatic rings. The molecular weight excluding hydrogens is 796 g/mol. The first-order valence-corrected chi connectivity index (χ1v) is 20.3. The van der Waals surface area contributed by atoms with Crippen LogP contribution in [0.25, 0.3) is 0 Å². The van der Waals surface area contributed by atoms with Crippen LogP contribution in [0.5, 0.6) is 0 Å². The lowest BCUT2D eigenvalue weighted by Gasteiger charge is -2.33. The largest absolute Gasteiger partial charge is 0.480 e. The third-order valence-corrected chi connectivity index (χ3v) is 9.70. The standard InChI is InChI=1S/C37H68N8O15/c1-25(2)5-3-4-9-38-30(50)8-10-39-37(60)26(6-7-29(49)40-19-27(47)35(58)36(59)28(48)24-46)41-31(51)20-42-11-13-43(21-32(52)53)15-17-45(23-34(56)57)18-16-44(14-12-42)22-33(54)55/h25-28,35-36,46-48,58-59H,3-24H2,1-2H3,(H,38,50)(H,39,60)(H,40,49)(H,41,51)(H,52,53)(H,54,55)(H,56,57)/t26-,27-,28+,35+,36+/m0/s1. The first-order chi connectivity index (χ1) is 28.3.